The molecular formula is C15H32OSi. The molecule has 0 saturated carbocycles. The molecular weight excluding hydrogens is 224 g/mol. The smallest absolute Gasteiger partial charge is 0.192 e. The Morgan fingerprint density at radius 3 is 1.82 bits per heavy atom. The molecule has 0 amide bonds. The molecule has 102 valence electrons. The van der Waals surface area contributed by atoms with Crippen molar-refractivity contribution in [2.75, 3.05) is 0 Å². The van der Waals surface area contributed by atoms with Crippen LogP contribution in [0.4, 0.5) is 0 Å². The molecule has 0 aliphatic carbocycles. The topological polar surface area (TPSA) is 9.23 Å². The molecule has 2 heteroatoms. The second-order valence-electron chi connectivity index (χ2n) is 6.97. The fraction of sp³-hybridized carbons (Fsp3) is 0.867. The van der Waals surface area contributed by atoms with Gasteiger partial charge in [0, 0.05) is 0 Å². The minimum Gasteiger partial charge on any atom is -0.413 e. The van der Waals surface area contributed by atoms with Crippen molar-refractivity contribution in [3.05, 3.63) is 12.2 Å². The Morgan fingerprint density at radius 2 is 1.53 bits per heavy atom. The third kappa shape index (κ3) is 4.97. The summed E-state index contributed by atoms with van der Waals surface area (Å²) in [4.78, 5) is 0. The van der Waals surface area contributed by atoms with Crippen molar-refractivity contribution in [2.45, 2.75) is 72.7 Å². The van der Waals surface area contributed by atoms with Crippen molar-refractivity contribution in [1.82, 2.24) is 0 Å². The van der Waals surface area contributed by atoms with Crippen LogP contribution in [0.5, 0.6) is 0 Å². The van der Waals surface area contributed by atoms with E-state index in [9.17, 15) is 0 Å². The van der Waals surface area contributed by atoms with Gasteiger partial charge in [0.1, 0.15) is 0 Å². The van der Waals surface area contributed by atoms with Crippen molar-refractivity contribution in [1.29, 1.82) is 0 Å². The van der Waals surface area contributed by atoms with Crippen LogP contribution in [0.15, 0.2) is 12.2 Å². The zero-order valence-corrected chi connectivity index (χ0v) is 14.3. The van der Waals surface area contributed by atoms with Gasteiger partial charge in [-0.15, -0.1) is 0 Å². The van der Waals surface area contributed by atoms with Gasteiger partial charge in [0.05, 0.1) is 6.10 Å². The maximum atomic E-state index is 6.57. The predicted octanol–water partition coefficient (Wildman–Crippen LogP) is 5.25. The van der Waals surface area contributed by atoms with E-state index in [1.54, 1.807) is 0 Å². The highest BCUT2D eigenvalue weighted by atomic mass is 28.4. The monoisotopic (exact) mass is 256 g/mol. The molecule has 2 atom stereocenters. The summed E-state index contributed by atoms with van der Waals surface area (Å²) < 4.78 is 6.57. The van der Waals surface area contributed by atoms with Crippen LogP contribution in [0.2, 0.25) is 18.1 Å². The molecule has 0 bridgehead atoms. The molecule has 0 unspecified atom stereocenters. The van der Waals surface area contributed by atoms with Crippen molar-refractivity contribution in [3.8, 4) is 0 Å². The van der Waals surface area contributed by atoms with E-state index in [1.165, 1.54) is 0 Å². The van der Waals surface area contributed by atoms with Crippen LogP contribution in [0, 0.1) is 11.8 Å². The summed E-state index contributed by atoms with van der Waals surface area (Å²) in [6.45, 7) is 20.5. The standard InChI is InChI=1S/C15H32OSi/c1-10-11-13(4)14(12(2)3)16-17(8,9)15(5,6)7/h10-14H,1-9H3/b11-10+/t13-,14-/m0/s1. The van der Waals surface area contributed by atoms with Crippen molar-refractivity contribution < 1.29 is 4.43 Å². The first-order valence-corrected chi connectivity index (χ1v) is 9.74. The van der Waals surface area contributed by atoms with E-state index in [0.29, 0.717) is 17.9 Å². The molecule has 0 N–H and O–H groups in total. The first-order chi connectivity index (χ1) is 7.53. The summed E-state index contributed by atoms with van der Waals surface area (Å²) in [6.07, 6.45) is 4.74. The summed E-state index contributed by atoms with van der Waals surface area (Å²) in [6, 6.07) is 0. The highest BCUT2D eigenvalue weighted by Gasteiger charge is 2.40. The number of rotatable bonds is 5. The Hall–Kier alpha value is -0.0831. The van der Waals surface area contributed by atoms with Crippen LogP contribution in [-0.2, 0) is 4.43 Å². The predicted molar refractivity (Wildman–Crippen MR) is 80.9 cm³/mol. The third-order valence-electron chi connectivity index (χ3n) is 3.91. The van der Waals surface area contributed by atoms with Crippen LogP contribution in [0.25, 0.3) is 0 Å². The Balaban J connectivity index is 4.89. The largest absolute Gasteiger partial charge is 0.413 e. The number of allylic oxidation sites excluding steroid dienone is 1. The minimum absolute atomic E-state index is 0.287. The molecule has 0 fully saturated rings. The first-order valence-electron chi connectivity index (χ1n) is 6.83. The van der Waals surface area contributed by atoms with Gasteiger partial charge in [0.25, 0.3) is 0 Å². The average molecular weight is 257 g/mol. The van der Waals surface area contributed by atoms with E-state index in [2.05, 4.69) is 73.7 Å². The van der Waals surface area contributed by atoms with Crippen molar-refractivity contribution in [2.24, 2.45) is 11.8 Å². The third-order valence-corrected chi connectivity index (χ3v) is 8.38. The van der Waals surface area contributed by atoms with Gasteiger partial charge in [-0.3, -0.25) is 0 Å². The Bertz CT molecular complexity index is 248. The Labute approximate surface area is 110 Å². The molecule has 0 rings (SSSR count). The highest BCUT2D eigenvalue weighted by molar-refractivity contribution is 6.74. The van der Waals surface area contributed by atoms with E-state index >= 15 is 0 Å². The summed E-state index contributed by atoms with van der Waals surface area (Å²) in [7, 11) is -1.66. The summed E-state index contributed by atoms with van der Waals surface area (Å²) in [5, 5.41) is 0.287. The Kier molecular flexibility index (Phi) is 6.16. The lowest BCUT2D eigenvalue weighted by Gasteiger charge is -2.42. The first kappa shape index (κ1) is 16.9. The number of hydrogen-bond acceptors (Lipinski definition) is 1. The fourth-order valence-electron chi connectivity index (χ4n) is 1.78. The van der Waals surface area contributed by atoms with E-state index in [-0.39, 0.29) is 5.04 Å². The average Bonchev–Trinajstić information content (AvgIpc) is 2.12. The second kappa shape index (κ2) is 6.19. The second-order valence-corrected chi connectivity index (χ2v) is 11.7. The molecule has 0 radical (unpaired) electrons. The van der Waals surface area contributed by atoms with Gasteiger partial charge in [0.2, 0.25) is 0 Å². The SMILES string of the molecule is C/C=C/[C@H](C)[C@@H](O[Si](C)(C)C(C)(C)C)C(C)C. The summed E-state index contributed by atoms with van der Waals surface area (Å²) in [5.41, 5.74) is 0. The summed E-state index contributed by atoms with van der Waals surface area (Å²) in [5.74, 6) is 1.06. The van der Waals surface area contributed by atoms with Crippen LogP contribution in [0.1, 0.15) is 48.5 Å². The summed E-state index contributed by atoms with van der Waals surface area (Å²) >= 11 is 0. The molecule has 0 aromatic rings. The van der Waals surface area contributed by atoms with Gasteiger partial charge in [-0.2, -0.15) is 0 Å². The molecule has 0 saturated heterocycles. The van der Waals surface area contributed by atoms with E-state index < -0.39 is 8.32 Å². The lowest BCUT2D eigenvalue weighted by molar-refractivity contribution is 0.100. The molecule has 0 aromatic carbocycles. The van der Waals surface area contributed by atoms with Crippen LogP contribution < -0.4 is 0 Å². The van der Waals surface area contributed by atoms with Crippen LogP contribution in [-0.4, -0.2) is 14.4 Å². The zero-order valence-electron chi connectivity index (χ0n) is 13.3. The van der Waals surface area contributed by atoms with Gasteiger partial charge in [-0.25, -0.2) is 0 Å². The molecule has 0 aliphatic rings. The molecule has 0 aromatic heterocycles. The van der Waals surface area contributed by atoms with Crippen LogP contribution in [0.3, 0.4) is 0 Å². The normalized spacial score (nSPS) is 17.8. The van der Waals surface area contributed by atoms with Gasteiger partial charge >= 0.3 is 0 Å². The molecule has 0 aliphatic heterocycles. The van der Waals surface area contributed by atoms with E-state index in [1.807, 2.05) is 0 Å². The molecule has 0 heterocycles. The van der Waals surface area contributed by atoms with E-state index in [0.717, 1.165) is 0 Å². The Morgan fingerprint density at radius 1 is 1.06 bits per heavy atom. The van der Waals surface area contributed by atoms with Gasteiger partial charge in [-0.1, -0.05) is 53.7 Å². The fourth-order valence-corrected chi connectivity index (χ4v) is 3.30. The quantitative estimate of drug-likeness (QED) is 0.482. The van der Waals surface area contributed by atoms with Gasteiger partial charge in [-0.05, 0) is 36.9 Å². The lowest BCUT2D eigenvalue weighted by Crippen LogP contribution is -2.46. The van der Waals surface area contributed by atoms with Crippen LogP contribution >= 0.6 is 0 Å². The maximum Gasteiger partial charge on any atom is 0.192 e. The van der Waals surface area contributed by atoms with Gasteiger partial charge < -0.3 is 4.43 Å². The lowest BCUT2D eigenvalue weighted by atomic mass is 9.95. The van der Waals surface area contributed by atoms with Crippen molar-refractivity contribution >= 4 is 8.32 Å². The van der Waals surface area contributed by atoms with Crippen molar-refractivity contribution in [3.63, 3.8) is 0 Å². The zero-order chi connectivity index (χ0) is 13.9. The van der Waals surface area contributed by atoms with E-state index in [4.69, 9.17) is 4.43 Å². The highest BCUT2D eigenvalue weighted by Crippen LogP contribution is 2.39. The maximum absolute atomic E-state index is 6.57. The number of hydrogen-bond donors (Lipinski definition) is 0. The molecule has 1 nitrogen and oxygen atoms in total. The molecule has 0 spiro atoms. The minimum atomic E-state index is -1.66. The molecule has 17 heavy (non-hydrogen) atoms. The van der Waals surface area contributed by atoms with Gasteiger partial charge in [0.15, 0.2) is 8.32 Å².